The van der Waals surface area contributed by atoms with Gasteiger partial charge in [-0.25, -0.2) is 0 Å². The van der Waals surface area contributed by atoms with Crippen molar-refractivity contribution >= 4 is 11.6 Å². The summed E-state index contributed by atoms with van der Waals surface area (Å²) in [6, 6.07) is 8.15. The Hall–Kier alpha value is -1.39. The first kappa shape index (κ1) is 16.0. The molecule has 1 aliphatic heterocycles. The number of hydrogen-bond donors (Lipinski definition) is 2. The fraction of sp³-hybridized carbons (Fsp3) is 0.588. The van der Waals surface area contributed by atoms with Gasteiger partial charge >= 0.3 is 0 Å². The van der Waals surface area contributed by atoms with Gasteiger partial charge in [0.15, 0.2) is 0 Å². The number of nitrogens with one attached hydrogen (secondary N) is 2. The van der Waals surface area contributed by atoms with Crippen LogP contribution in [0.3, 0.4) is 0 Å². The first-order valence-corrected chi connectivity index (χ1v) is 7.78. The highest BCUT2D eigenvalue weighted by molar-refractivity contribution is 5.92. The standard InChI is InChI=1S/C17H27N3O/c1-17(2,3)14-5-7-15(8-6-14)19-16(21)13-20-11-4-9-18-10-12-20/h5-8,18H,4,9-13H2,1-3H3,(H,19,21). The summed E-state index contributed by atoms with van der Waals surface area (Å²) in [7, 11) is 0. The highest BCUT2D eigenvalue weighted by Gasteiger charge is 2.15. The molecular weight excluding hydrogens is 262 g/mol. The van der Waals surface area contributed by atoms with E-state index in [-0.39, 0.29) is 11.3 Å². The summed E-state index contributed by atoms with van der Waals surface area (Å²) in [6.07, 6.45) is 1.10. The summed E-state index contributed by atoms with van der Waals surface area (Å²) in [6.45, 7) is 11.0. The lowest BCUT2D eigenvalue weighted by atomic mass is 9.87. The number of amides is 1. The Bertz CT molecular complexity index is 454. The van der Waals surface area contributed by atoms with E-state index in [0.29, 0.717) is 6.54 Å². The van der Waals surface area contributed by atoms with Crippen LogP contribution in [-0.4, -0.2) is 43.5 Å². The molecule has 116 valence electrons. The van der Waals surface area contributed by atoms with Gasteiger partial charge in [-0.2, -0.15) is 0 Å². The molecule has 1 amide bonds. The van der Waals surface area contributed by atoms with Crippen LogP contribution in [0.1, 0.15) is 32.8 Å². The first-order valence-electron chi connectivity index (χ1n) is 7.78. The van der Waals surface area contributed by atoms with E-state index in [1.807, 2.05) is 12.1 Å². The average Bonchev–Trinajstić information content (AvgIpc) is 2.67. The number of anilines is 1. The molecule has 0 unspecified atom stereocenters. The summed E-state index contributed by atoms with van der Waals surface area (Å²) in [4.78, 5) is 14.3. The molecule has 0 aliphatic carbocycles. The molecule has 0 radical (unpaired) electrons. The van der Waals surface area contributed by atoms with E-state index < -0.39 is 0 Å². The molecule has 21 heavy (non-hydrogen) atoms. The molecule has 4 heteroatoms. The average molecular weight is 289 g/mol. The van der Waals surface area contributed by atoms with E-state index in [1.165, 1.54) is 5.56 Å². The maximum atomic E-state index is 12.1. The van der Waals surface area contributed by atoms with E-state index in [9.17, 15) is 4.79 Å². The van der Waals surface area contributed by atoms with Crippen molar-refractivity contribution in [3.8, 4) is 0 Å². The van der Waals surface area contributed by atoms with Gasteiger partial charge in [-0.3, -0.25) is 9.69 Å². The van der Waals surface area contributed by atoms with Crippen molar-refractivity contribution < 1.29 is 4.79 Å². The van der Waals surface area contributed by atoms with Gasteiger partial charge in [0.1, 0.15) is 0 Å². The van der Waals surface area contributed by atoms with Crippen molar-refractivity contribution in [3.05, 3.63) is 29.8 Å². The van der Waals surface area contributed by atoms with Crippen molar-refractivity contribution in [1.82, 2.24) is 10.2 Å². The number of benzene rings is 1. The number of hydrogen-bond acceptors (Lipinski definition) is 3. The van der Waals surface area contributed by atoms with Crippen LogP contribution < -0.4 is 10.6 Å². The van der Waals surface area contributed by atoms with Gasteiger partial charge in [-0.15, -0.1) is 0 Å². The van der Waals surface area contributed by atoms with Crippen LogP contribution in [0.2, 0.25) is 0 Å². The SMILES string of the molecule is CC(C)(C)c1ccc(NC(=O)CN2CCCNCC2)cc1. The van der Waals surface area contributed by atoms with Crippen molar-refractivity contribution in [2.24, 2.45) is 0 Å². The highest BCUT2D eigenvalue weighted by atomic mass is 16.2. The number of nitrogens with zero attached hydrogens (tertiary/aromatic N) is 1. The van der Waals surface area contributed by atoms with Crippen LogP contribution in [0.25, 0.3) is 0 Å². The topological polar surface area (TPSA) is 44.4 Å². The predicted octanol–water partition coefficient (Wildman–Crippen LogP) is 2.22. The Labute approximate surface area is 127 Å². The minimum absolute atomic E-state index is 0.0698. The van der Waals surface area contributed by atoms with Gasteiger partial charge in [-0.1, -0.05) is 32.9 Å². The first-order chi connectivity index (χ1) is 9.95. The monoisotopic (exact) mass is 289 g/mol. The number of carbonyl (C=O) groups is 1. The normalized spacial score (nSPS) is 17.3. The third-order valence-electron chi connectivity index (χ3n) is 3.83. The third-order valence-corrected chi connectivity index (χ3v) is 3.83. The number of carbonyl (C=O) groups excluding carboxylic acids is 1. The van der Waals surface area contributed by atoms with Crippen LogP contribution in [-0.2, 0) is 10.2 Å². The van der Waals surface area contributed by atoms with Gasteiger partial charge in [0.05, 0.1) is 6.54 Å². The molecule has 1 fully saturated rings. The molecule has 1 aromatic carbocycles. The predicted molar refractivity (Wildman–Crippen MR) is 87.7 cm³/mol. The van der Waals surface area contributed by atoms with Crippen LogP contribution >= 0.6 is 0 Å². The van der Waals surface area contributed by atoms with Crippen LogP contribution in [0.4, 0.5) is 5.69 Å². The largest absolute Gasteiger partial charge is 0.325 e. The Morgan fingerprint density at radius 1 is 1.19 bits per heavy atom. The lowest BCUT2D eigenvalue weighted by Crippen LogP contribution is -2.35. The Morgan fingerprint density at radius 2 is 1.90 bits per heavy atom. The van der Waals surface area contributed by atoms with E-state index in [2.05, 4.69) is 48.4 Å². The van der Waals surface area contributed by atoms with Gasteiger partial charge in [0, 0.05) is 18.8 Å². The molecule has 1 saturated heterocycles. The van der Waals surface area contributed by atoms with Crippen molar-refractivity contribution in [1.29, 1.82) is 0 Å². The fourth-order valence-electron chi connectivity index (χ4n) is 2.52. The molecule has 0 bridgehead atoms. The van der Waals surface area contributed by atoms with E-state index in [1.54, 1.807) is 0 Å². The second kappa shape index (κ2) is 7.05. The summed E-state index contributed by atoms with van der Waals surface area (Å²) >= 11 is 0. The van der Waals surface area contributed by atoms with Crippen molar-refractivity contribution in [3.63, 3.8) is 0 Å². The molecule has 4 nitrogen and oxygen atoms in total. The van der Waals surface area contributed by atoms with Crippen molar-refractivity contribution in [2.45, 2.75) is 32.6 Å². The smallest absolute Gasteiger partial charge is 0.238 e. The molecule has 2 N–H and O–H groups in total. The minimum Gasteiger partial charge on any atom is -0.325 e. The maximum absolute atomic E-state index is 12.1. The highest BCUT2D eigenvalue weighted by Crippen LogP contribution is 2.23. The molecule has 1 aromatic rings. The Kier molecular flexibility index (Phi) is 5.37. The third kappa shape index (κ3) is 5.14. The number of rotatable bonds is 3. The van der Waals surface area contributed by atoms with Gasteiger partial charge in [-0.05, 0) is 42.6 Å². The summed E-state index contributed by atoms with van der Waals surface area (Å²) in [5.41, 5.74) is 2.29. The van der Waals surface area contributed by atoms with E-state index >= 15 is 0 Å². The molecule has 0 spiro atoms. The van der Waals surface area contributed by atoms with Crippen LogP contribution in [0, 0.1) is 0 Å². The summed E-state index contributed by atoms with van der Waals surface area (Å²) < 4.78 is 0. The van der Waals surface area contributed by atoms with E-state index in [0.717, 1.165) is 38.3 Å². The molecule has 1 heterocycles. The minimum atomic E-state index is 0.0698. The lowest BCUT2D eigenvalue weighted by molar-refractivity contribution is -0.117. The van der Waals surface area contributed by atoms with Crippen molar-refractivity contribution in [2.75, 3.05) is 38.0 Å². The lowest BCUT2D eigenvalue weighted by Gasteiger charge is -2.20. The molecule has 0 aromatic heterocycles. The molecule has 0 saturated carbocycles. The van der Waals surface area contributed by atoms with E-state index in [4.69, 9.17) is 0 Å². The quantitative estimate of drug-likeness (QED) is 0.897. The molecule has 0 atom stereocenters. The van der Waals surface area contributed by atoms with Crippen LogP contribution in [0.15, 0.2) is 24.3 Å². The second-order valence-electron chi connectivity index (χ2n) is 6.76. The van der Waals surface area contributed by atoms with Gasteiger partial charge in [0.2, 0.25) is 5.91 Å². The zero-order valence-corrected chi connectivity index (χ0v) is 13.4. The molecular formula is C17H27N3O. The molecule has 1 aliphatic rings. The Balaban J connectivity index is 1.87. The zero-order chi connectivity index (χ0) is 15.3. The maximum Gasteiger partial charge on any atom is 0.238 e. The van der Waals surface area contributed by atoms with Crippen LogP contribution in [0.5, 0.6) is 0 Å². The zero-order valence-electron chi connectivity index (χ0n) is 13.4. The summed E-state index contributed by atoms with van der Waals surface area (Å²) in [5.74, 6) is 0.0698. The molecule has 2 rings (SSSR count). The van der Waals surface area contributed by atoms with Gasteiger partial charge in [0.25, 0.3) is 0 Å². The summed E-state index contributed by atoms with van der Waals surface area (Å²) in [5, 5.41) is 6.33. The van der Waals surface area contributed by atoms with Gasteiger partial charge < -0.3 is 10.6 Å². The fourth-order valence-corrected chi connectivity index (χ4v) is 2.52. The second-order valence-corrected chi connectivity index (χ2v) is 6.76. The Morgan fingerprint density at radius 3 is 2.57 bits per heavy atom.